The minimum Gasteiger partial charge on any atom is -0.492 e. The van der Waals surface area contributed by atoms with Crippen LogP contribution in [0.2, 0.25) is 0 Å². The first kappa shape index (κ1) is 51.8. The molecule has 0 spiro atoms. The molecule has 4 bridgehead atoms. The van der Waals surface area contributed by atoms with Gasteiger partial charge in [-0.2, -0.15) is 5.26 Å². The summed E-state index contributed by atoms with van der Waals surface area (Å²) in [7, 11) is 1.43. The normalized spacial score (nSPS) is 15.6. The molecule has 16 heteroatoms. The van der Waals surface area contributed by atoms with Crippen LogP contribution in [0.15, 0.2) is 84.9 Å². The van der Waals surface area contributed by atoms with Crippen molar-refractivity contribution >= 4 is 29.5 Å². The van der Waals surface area contributed by atoms with E-state index in [9.17, 15) is 24.0 Å². The van der Waals surface area contributed by atoms with Gasteiger partial charge in [0.05, 0.1) is 12.6 Å². The zero-order valence-corrected chi connectivity index (χ0v) is 38.5. The molecule has 4 aromatic rings. The van der Waals surface area contributed by atoms with Gasteiger partial charge >= 0.3 is 0 Å². The first-order chi connectivity index (χ1) is 31.9. The van der Waals surface area contributed by atoms with Crippen molar-refractivity contribution in [1.82, 2.24) is 26.2 Å². The number of carbonyl (C=O) groups excluding carboxylic acids is 5. The number of amides is 5. The fourth-order valence-electron chi connectivity index (χ4n) is 7.15. The highest BCUT2D eigenvalue weighted by Gasteiger charge is 2.33. The van der Waals surface area contributed by atoms with Crippen LogP contribution in [0, 0.1) is 11.3 Å². The van der Waals surface area contributed by atoms with E-state index in [0.717, 1.165) is 36.9 Å². The number of unbranched alkanes of at least 4 members (excludes halogenated alkanes) is 2. The maximum atomic E-state index is 14.3. The largest absolute Gasteiger partial charge is 0.492 e. The van der Waals surface area contributed by atoms with Gasteiger partial charge in [0.2, 0.25) is 23.6 Å². The number of fused-ring (bicyclic) bond motifs is 5. The van der Waals surface area contributed by atoms with Crippen molar-refractivity contribution in [1.29, 1.82) is 5.26 Å². The molecule has 1 aliphatic rings. The number of nitrogens with two attached hydrogens (primary N) is 3. The molecule has 0 aliphatic carbocycles. The van der Waals surface area contributed by atoms with E-state index >= 15 is 0 Å². The summed E-state index contributed by atoms with van der Waals surface area (Å²) >= 11 is 0. The van der Waals surface area contributed by atoms with Gasteiger partial charge in [0, 0.05) is 43.2 Å². The van der Waals surface area contributed by atoms with E-state index in [2.05, 4.69) is 47.2 Å². The molecule has 0 saturated heterocycles. The van der Waals surface area contributed by atoms with Crippen molar-refractivity contribution < 1.29 is 33.4 Å². The summed E-state index contributed by atoms with van der Waals surface area (Å²) in [5, 5.41) is 19.7. The lowest BCUT2D eigenvalue weighted by Gasteiger charge is -2.30. The summed E-state index contributed by atoms with van der Waals surface area (Å²) < 4.78 is 12.1. The molecule has 352 valence electrons. The van der Waals surface area contributed by atoms with Crippen LogP contribution in [0.1, 0.15) is 79.5 Å². The van der Waals surface area contributed by atoms with Crippen LogP contribution in [-0.2, 0) is 32.0 Å². The van der Waals surface area contributed by atoms with E-state index in [0.29, 0.717) is 39.3 Å². The molecule has 10 N–H and O–H groups in total. The molecule has 16 nitrogen and oxygen atoms in total. The summed E-state index contributed by atoms with van der Waals surface area (Å²) in [6, 6.07) is 23.8. The van der Waals surface area contributed by atoms with Crippen LogP contribution < -0.4 is 47.9 Å². The van der Waals surface area contributed by atoms with Gasteiger partial charge in [0.1, 0.15) is 49.4 Å². The summed E-state index contributed by atoms with van der Waals surface area (Å²) in [5.41, 5.74) is 22.1. The van der Waals surface area contributed by atoms with Crippen molar-refractivity contribution in [2.24, 2.45) is 17.2 Å². The summed E-state index contributed by atoms with van der Waals surface area (Å²) in [6.45, 7) is 6.60. The van der Waals surface area contributed by atoms with Crippen molar-refractivity contribution in [3.8, 4) is 39.8 Å². The number of benzene rings is 4. The van der Waals surface area contributed by atoms with Crippen molar-refractivity contribution in [2.75, 3.05) is 53.0 Å². The van der Waals surface area contributed by atoms with E-state index in [4.69, 9.17) is 31.9 Å². The highest BCUT2D eigenvalue weighted by Crippen LogP contribution is 2.40. The third kappa shape index (κ3) is 14.9. The minimum absolute atomic E-state index is 0.0224. The zero-order valence-electron chi connectivity index (χ0n) is 38.5. The Hall–Kier alpha value is -6.80. The minimum atomic E-state index is -1.32. The van der Waals surface area contributed by atoms with Crippen LogP contribution in [-0.4, -0.2) is 99.5 Å². The second-order valence-corrected chi connectivity index (χ2v) is 15.8. The van der Waals surface area contributed by atoms with Gasteiger partial charge in [-0.25, -0.2) is 0 Å². The lowest BCUT2D eigenvalue weighted by molar-refractivity contribution is -0.139. The second-order valence-electron chi connectivity index (χ2n) is 15.8. The fourth-order valence-corrected chi connectivity index (χ4v) is 7.15. The van der Waals surface area contributed by atoms with E-state index in [1.807, 2.05) is 24.3 Å². The van der Waals surface area contributed by atoms with Gasteiger partial charge < -0.3 is 52.8 Å². The predicted molar refractivity (Wildman–Crippen MR) is 255 cm³/mol. The Labute approximate surface area is 387 Å². The van der Waals surface area contributed by atoms with Gasteiger partial charge in [0.15, 0.2) is 0 Å². The van der Waals surface area contributed by atoms with Crippen molar-refractivity contribution in [2.45, 2.75) is 77.4 Å². The van der Waals surface area contributed by atoms with Crippen LogP contribution in [0.3, 0.4) is 0 Å². The average molecular weight is 904 g/mol. The molecule has 5 rings (SSSR count). The quantitative estimate of drug-likeness (QED) is 0.0705. The number of likely N-dealkylation sites (N-methyl/N-ethyl adjacent to an activating group) is 1. The number of hydrogen-bond donors (Lipinski definition) is 7. The molecule has 0 fully saturated rings. The van der Waals surface area contributed by atoms with Gasteiger partial charge in [-0.1, -0.05) is 75.2 Å². The number of nitrogens with zero attached hydrogens (tertiary/aromatic N) is 2. The summed E-state index contributed by atoms with van der Waals surface area (Å²) in [5.74, 6) is -2.25. The van der Waals surface area contributed by atoms with Gasteiger partial charge in [-0.3, -0.25) is 24.0 Å². The Bertz CT molecular complexity index is 2290. The molecule has 1 aliphatic heterocycles. The van der Waals surface area contributed by atoms with E-state index < -0.39 is 54.2 Å². The number of ether oxygens (including phenoxy) is 2. The fraction of sp³-hybridized carbons (Fsp3) is 0.400. The smallest absolute Gasteiger partial charge is 0.251 e. The third-order valence-corrected chi connectivity index (χ3v) is 10.8. The molecule has 1 heterocycles. The standard InChI is InChI=1S/C46H54N8O7.C4H11N/c1-4-5-7-30-10-13-32(14-11-30)33-8-6-9-35(26-33)44(57)51-28-41(55)54(3)42-34-15-17-40(61-23-20-49)37(27-34)36-24-31(12-16-39(36)60-22-19-48)25-38(45(58)50-21-18-47)53-43(56)29(2)52-46(42)59;1-2-3-4-5/h6,8-17,24,26-27,29,38,42H,4-5,7,19-23,25,28,48-49H2,1-3H3,(H,50,58)(H,51,57)(H,52,59)(H,53,56);2-5H2,1H3/t29-,38?,42?;/m0./s1. The number of hydrogen-bond acceptors (Lipinski definition) is 11. The number of nitrogens with one attached hydrogen (secondary N) is 4. The Morgan fingerprint density at radius 2 is 1.45 bits per heavy atom. The summed E-state index contributed by atoms with van der Waals surface area (Å²) in [6.07, 6.45) is 5.62. The van der Waals surface area contributed by atoms with Crippen LogP contribution in [0.25, 0.3) is 22.3 Å². The number of nitriles is 1. The highest BCUT2D eigenvalue weighted by atomic mass is 16.5. The second kappa shape index (κ2) is 26.9. The van der Waals surface area contributed by atoms with Gasteiger partial charge in [-0.05, 0) is 96.9 Å². The van der Waals surface area contributed by atoms with E-state index in [1.54, 1.807) is 54.6 Å². The van der Waals surface area contributed by atoms with Crippen LogP contribution >= 0.6 is 0 Å². The molecule has 66 heavy (non-hydrogen) atoms. The van der Waals surface area contributed by atoms with E-state index in [-0.39, 0.29) is 39.3 Å². The molecule has 0 radical (unpaired) electrons. The molecular weight excluding hydrogens is 839 g/mol. The predicted octanol–water partition coefficient (Wildman–Crippen LogP) is 3.90. The Morgan fingerprint density at radius 3 is 2.08 bits per heavy atom. The lowest BCUT2D eigenvalue weighted by Crippen LogP contribution is -2.55. The highest BCUT2D eigenvalue weighted by molar-refractivity contribution is 5.99. The monoisotopic (exact) mass is 904 g/mol. The zero-order chi connectivity index (χ0) is 48.0. The van der Waals surface area contributed by atoms with Crippen LogP contribution in [0.4, 0.5) is 0 Å². The maximum absolute atomic E-state index is 14.3. The first-order valence-corrected chi connectivity index (χ1v) is 22.5. The molecular formula is C50H65N9O7. The SMILES string of the molecule is CCCCN.CCCCc1ccc(-c2cccc(C(=O)NCC(=O)N(C)C3C(=O)N[C@@H](C)C(=O)NC(C(=O)NCC#N)Cc4ccc(OCCN)c(c4)-c4cc3ccc4OCCN)c2)cc1. The Kier molecular flexibility index (Phi) is 21.1. The van der Waals surface area contributed by atoms with Crippen LogP contribution in [0.5, 0.6) is 11.5 Å². The van der Waals surface area contributed by atoms with E-state index in [1.165, 1.54) is 37.3 Å². The van der Waals surface area contributed by atoms with Gasteiger partial charge in [-0.15, -0.1) is 0 Å². The Balaban J connectivity index is 0.00000180. The first-order valence-electron chi connectivity index (χ1n) is 22.5. The molecule has 0 saturated carbocycles. The third-order valence-electron chi connectivity index (χ3n) is 10.8. The number of aryl methyl sites for hydroxylation is 1. The van der Waals surface area contributed by atoms with Crippen molar-refractivity contribution in [3.63, 3.8) is 0 Å². The molecule has 4 aromatic carbocycles. The maximum Gasteiger partial charge on any atom is 0.251 e. The number of carbonyl (C=O) groups is 5. The Morgan fingerprint density at radius 1 is 0.788 bits per heavy atom. The summed E-state index contributed by atoms with van der Waals surface area (Å²) in [4.78, 5) is 69.8. The molecule has 0 aromatic heterocycles. The number of rotatable bonds is 18. The average Bonchev–Trinajstić information content (AvgIpc) is 3.33. The van der Waals surface area contributed by atoms with Crippen molar-refractivity contribution in [3.05, 3.63) is 107 Å². The molecule has 3 atom stereocenters. The topological polar surface area (TPSA) is 257 Å². The molecule has 5 amide bonds. The molecule has 2 unspecified atom stereocenters. The van der Waals surface area contributed by atoms with Gasteiger partial charge in [0.25, 0.3) is 5.91 Å². The lowest BCUT2D eigenvalue weighted by atomic mass is 9.93.